The maximum absolute atomic E-state index is 13.8. The van der Waals surface area contributed by atoms with Gasteiger partial charge in [-0.1, -0.05) is 19.8 Å². The standard InChI is InChI=1S/C11H19FO3/c1-3-15-10(13)9(12)11(14)7-5-4-6-8(11)2/h8-9,14H,3-7H2,1-2H3. The summed E-state index contributed by atoms with van der Waals surface area (Å²) in [6.07, 6.45) is 0.942. The van der Waals surface area contributed by atoms with E-state index in [0.717, 1.165) is 19.3 Å². The van der Waals surface area contributed by atoms with E-state index in [1.807, 2.05) is 0 Å². The Balaban J connectivity index is 2.69. The molecule has 1 aliphatic rings. The molecule has 4 heteroatoms. The number of ether oxygens (including phenoxy) is 1. The van der Waals surface area contributed by atoms with E-state index in [1.54, 1.807) is 13.8 Å². The van der Waals surface area contributed by atoms with Crippen LogP contribution >= 0.6 is 0 Å². The summed E-state index contributed by atoms with van der Waals surface area (Å²) in [5.74, 6) is -1.13. The minimum atomic E-state index is -1.91. The second-order valence-electron chi connectivity index (χ2n) is 4.25. The van der Waals surface area contributed by atoms with Gasteiger partial charge in [0.1, 0.15) is 5.60 Å². The number of carbonyl (C=O) groups excluding carboxylic acids is 1. The molecule has 15 heavy (non-hydrogen) atoms. The Kier molecular flexibility index (Phi) is 4.08. The fourth-order valence-corrected chi connectivity index (χ4v) is 2.15. The third-order valence-electron chi connectivity index (χ3n) is 3.25. The molecule has 0 saturated heterocycles. The highest BCUT2D eigenvalue weighted by Gasteiger charge is 2.48. The van der Waals surface area contributed by atoms with Crippen molar-refractivity contribution in [2.24, 2.45) is 5.92 Å². The summed E-state index contributed by atoms with van der Waals surface area (Å²) in [7, 11) is 0. The first kappa shape index (κ1) is 12.4. The Bertz CT molecular complexity index is 232. The molecule has 0 aliphatic heterocycles. The molecular weight excluding hydrogens is 199 g/mol. The van der Waals surface area contributed by atoms with Crippen molar-refractivity contribution in [2.45, 2.75) is 51.3 Å². The zero-order valence-corrected chi connectivity index (χ0v) is 9.33. The van der Waals surface area contributed by atoms with Crippen LogP contribution in [0.2, 0.25) is 0 Å². The Morgan fingerprint density at radius 2 is 2.33 bits per heavy atom. The second-order valence-corrected chi connectivity index (χ2v) is 4.25. The highest BCUT2D eigenvalue weighted by atomic mass is 19.1. The molecule has 3 atom stereocenters. The molecule has 0 aromatic carbocycles. The molecule has 0 radical (unpaired) electrons. The van der Waals surface area contributed by atoms with Crippen LogP contribution in [0.25, 0.3) is 0 Å². The molecule has 0 bridgehead atoms. The van der Waals surface area contributed by atoms with Crippen LogP contribution in [0.15, 0.2) is 0 Å². The van der Waals surface area contributed by atoms with Crippen LogP contribution in [0.3, 0.4) is 0 Å². The number of alkyl halides is 1. The molecule has 0 spiro atoms. The van der Waals surface area contributed by atoms with Crippen LogP contribution in [0.5, 0.6) is 0 Å². The van der Waals surface area contributed by atoms with Crippen LogP contribution in [-0.4, -0.2) is 29.5 Å². The first-order valence-electron chi connectivity index (χ1n) is 5.55. The van der Waals surface area contributed by atoms with E-state index in [4.69, 9.17) is 0 Å². The number of hydrogen-bond acceptors (Lipinski definition) is 3. The van der Waals surface area contributed by atoms with Crippen LogP contribution in [-0.2, 0) is 9.53 Å². The third-order valence-corrected chi connectivity index (χ3v) is 3.25. The Morgan fingerprint density at radius 1 is 1.67 bits per heavy atom. The lowest BCUT2D eigenvalue weighted by Gasteiger charge is -2.39. The Hall–Kier alpha value is -0.640. The molecule has 1 fully saturated rings. The van der Waals surface area contributed by atoms with Gasteiger partial charge in [0, 0.05) is 0 Å². The van der Waals surface area contributed by atoms with Crippen molar-refractivity contribution < 1.29 is 19.0 Å². The zero-order valence-electron chi connectivity index (χ0n) is 9.33. The molecule has 3 unspecified atom stereocenters. The number of halogens is 1. The second kappa shape index (κ2) is 4.92. The zero-order chi connectivity index (χ0) is 11.5. The molecule has 1 N–H and O–H groups in total. The van der Waals surface area contributed by atoms with E-state index in [0.29, 0.717) is 6.42 Å². The number of rotatable bonds is 3. The smallest absolute Gasteiger partial charge is 0.343 e. The average Bonchev–Trinajstić information content (AvgIpc) is 2.22. The van der Waals surface area contributed by atoms with Crippen LogP contribution in [0, 0.1) is 5.92 Å². The Morgan fingerprint density at radius 3 is 2.87 bits per heavy atom. The monoisotopic (exact) mass is 218 g/mol. The van der Waals surface area contributed by atoms with Crippen molar-refractivity contribution in [1.29, 1.82) is 0 Å². The summed E-state index contributed by atoms with van der Waals surface area (Å²) in [5, 5.41) is 10.1. The topological polar surface area (TPSA) is 46.5 Å². The minimum absolute atomic E-state index is 0.143. The summed E-state index contributed by atoms with van der Waals surface area (Å²) in [5.41, 5.74) is -1.52. The predicted octanol–water partition coefficient (Wildman–Crippen LogP) is 1.83. The molecule has 1 aliphatic carbocycles. The van der Waals surface area contributed by atoms with Crippen LogP contribution < -0.4 is 0 Å². The first-order chi connectivity index (χ1) is 7.02. The predicted molar refractivity (Wildman–Crippen MR) is 54.1 cm³/mol. The average molecular weight is 218 g/mol. The van der Waals surface area contributed by atoms with Gasteiger partial charge < -0.3 is 9.84 Å². The minimum Gasteiger partial charge on any atom is -0.464 e. The lowest BCUT2D eigenvalue weighted by Crippen LogP contribution is -2.51. The fourth-order valence-electron chi connectivity index (χ4n) is 2.15. The van der Waals surface area contributed by atoms with Crippen molar-refractivity contribution in [3.63, 3.8) is 0 Å². The Labute approximate surface area is 89.6 Å². The lowest BCUT2D eigenvalue weighted by atomic mass is 9.73. The maximum atomic E-state index is 13.8. The number of esters is 1. The molecule has 1 saturated carbocycles. The third kappa shape index (κ3) is 2.48. The first-order valence-corrected chi connectivity index (χ1v) is 5.55. The molecule has 3 nitrogen and oxygen atoms in total. The molecule has 0 aromatic heterocycles. The van der Waals surface area contributed by atoms with Gasteiger partial charge in [-0.3, -0.25) is 0 Å². The van der Waals surface area contributed by atoms with E-state index in [9.17, 15) is 14.3 Å². The van der Waals surface area contributed by atoms with Gasteiger partial charge >= 0.3 is 5.97 Å². The highest BCUT2D eigenvalue weighted by Crippen LogP contribution is 2.37. The van der Waals surface area contributed by atoms with Gasteiger partial charge in [0.2, 0.25) is 6.17 Å². The van der Waals surface area contributed by atoms with Gasteiger partial charge in [-0.25, -0.2) is 9.18 Å². The number of carbonyl (C=O) groups is 1. The molecule has 88 valence electrons. The van der Waals surface area contributed by atoms with Gasteiger partial charge in [0.05, 0.1) is 6.61 Å². The van der Waals surface area contributed by atoms with Gasteiger partial charge in [-0.15, -0.1) is 0 Å². The van der Waals surface area contributed by atoms with Crippen molar-refractivity contribution in [2.75, 3.05) is 6.61 Å². The summed E-state index contributed by atoms with van der Waals surface area (Å²) in [6.45, 7) is 3.55. The highest BCUT2D eigenvalue weighted by molar-refractivity contribution is 5.76. The van der Waals surface area contributed by atoms with Crippen molar-refractivity contribution in [3.8, 4) is 0 Å². The van der Waals surface area contributed by atoms with Gasteiger partial charge in [0.25, 0.3) is 0 Å². The summed E-state index contributed by atoms with van der Waals surface area (Å²) in [4.78, 5) is 11.2. The van der Waals surface area contributed by atoms with Gasteiger partial charge in [-0.05, 0) is 25.7 Å². The summed E-state index contributed by atoms with van der Waals surface area (Å²) < 4.78 is 18.4. The molecule has 1 rings (SSSR count). The molecule has 0 heterocycles. The van der Waals surface area contributed by atoms with Gasteiger partial charge in [-0.2, -0.15) is 0 Å². The van der Waals surface area contributed by atoms with Crippen LogP contribution in [0.1, 0.15) is 39.5 Å². The number of hydrogen-bond donors (Lipinski definition) is 1. The SMILES string of the molecule is CCOC(=O)C(F)C1(O)CCCCC1C. The van der Waals surface area contributed by atoms with Crippen molar-refractivity contribution in [1.82, 2.24) is 0 Å². The van der Waals surface area contributed by atoms with Crippen molar-refractivity contribution >= 4 is 5.97 Å². The normalized spacial score (nSPS) is 33.5. The molecule has 0 amide bonds. The van der Waals surface area contributed by atoms with Crippen LogP contribution in [0.4, 0.5) is 4.39 Å². The van der Waals surface area contributed by atoms with E-state index in [2.05, 4.69) is 4.74 Å². The van der Waals surface area contributed by atoms with E-state index < -0.39 is 17.7 Å². The summed E-state index contributed by atoms with van der Waals surface area (Å²) in [6, 6.07) is 0. The molecule has 0 aromatic rings. The van der Waals surface area contributed by atoms with E-state index in [1.165, 1.54) is 0 Å². The number of aliphatic hydroxyl groups is 1. The fraction of sp³-hybridized carbons (Fsp3) is 0.909. The summed E-state index contributed by atoms with van der Waals surface area (Å²) >= 11 is 0. The van der Waals surface area contributed by atoms with E-state index >= 15 is 0 Å². The largest absolute Gasteiger partial charge is 0.464 e. The van der Waals surface area contributed by atoms with Gasteiger partial charge in [0.15, 0.2) is 0 Å². The van der Waals surface area contributed by atoms with E-state index in [-0.39, 0.29) is 12.5 Å². The molecular formula is C11H19FO3. The quantitative estimate of drug-likeness (QED) is 0.735. The lowest BCUT2D eigenvalue weighted by molar-refractivity contribution is -0.169. The van der Waals surface area contributed by atoms with Crippen molar-refractivity contribution in [3.05, 3.63) is 0 Å². The maximum Gasteiger partial charge on any atom is 0.343 e.